The number of hydrogen-bond donors (Lipinski definition) is 1. The summed E-state index contributed by atoms with van der Waals surface area (Å²) in [4.78, 5) is 11.8. The minimum absolute atomic E-state index is 0.236. The highest BCUT2D eigenvalue weighted by molar-refractivity contribution is 5.91. The molecule has 0 aliphatic rings. The summed E-state index contributed by atoms with van der Waals surface area (Å²) in [7, 11) is 1.77. The number of halogens is 2. The molecule has 0 spiro atoms. The van der Waals surface area contributed by atoms with Crippen molar-refractivity contribution in [1.82, 2.24) is 15.1 Å². The lowest BCUT2D eigenvalue weighted by molar-refractivity contribution is -0.117. The largest absolute Gasteiger partial charge is 0.346 e. The van der Waals surface area contributed by atoms with Crippen molar-refractivity contribution < 1.29 is 13.6 Å². The molecule has 1 heterocycles. The molecule has 1 atom stereocenters. The molecule has 1 aromatic carbocycles. The monoisotopic (exact) mass is 291 g/mol. The Balaban J connectivity index is 2.00. The first-order chi connectivity index (χ1) is 9.95. The number of aryl methyl sites for hydroxylation is 1. The van der Waals surface area contributed by atoms with E-state index in [4.69, 9.17) is 0 Å². The van der Waals surface area contributed by atoms with Crippen LogP contribution in [0.5, 0.6) is 0 Å². The van der Waals surface area contributed by atoms with Gasteiger partial charge in [-0.1, -0.05) is 6.07 Å². The van der Waals surface area contributed by atoms with Crippen LogP contribution < -0.4 is 5.32 Å². The average Bonchev–Trinajstić information content (AvgIpc) is 2.82. The average molecular weight is 291 g/mol. The lowest BCUT2D eigenvalue weighted by Crippen LogP contribution is -2.25. The van der Waals surface area contributed by atoms with Crippen molar-refractivity contribution in [3.63, 3.8) is 0 Å². The van der Waals surface area contributed by atoms with Crippen LogP contribution in [0, 0.1) is 11.6 Å². The maximum absolute atomic E-state index is 13.6. The summed E-state index contributed by atoms with van der Waals surface area (Å²) in [5.74, 6) is -1.69. The molecule has 1 amide bonds. The number of rotatable bonds is 4. The molecule has 4 nitrogen and oxygen atoms in total. The summed E-state index contributed by atoms with van der Waals surface area (Å²) in [5, 5.41) is 6.59. The van der Waals surface area contributed by atoms with Crippen LogP contribution in [0.25, 0.3) is 6.08 Å². The van der Waals surface area contributed by atoms with Crippen LogP contribution >= 0.6 is 0 Å². The number of benzene rings is 1. The predicted molar refractivity (Wildman–Crippen MR) is 75.2 cm³/mol. The molecule has 0 saturated carbocycles. The number of aromatic nitrogens is 2. The Morgan fingerprint density at radius 3 is 2.81 bits per heavy atom. The molecule has 0 bridgehead atoms. The maximum Gasteiger partial charge on any atom is 0.244 e. The number of nitrogens with one attached hydrogen (secondary N) is 1. The third-order valence-electron chi connectivity index (χ3n) is 2.94. The normalized spacial score (nSPS) is 12.6. The van der Waals surface area contributed by atoms with E-state index in [1.54, 1.807) is 37.1 Å². The minimum Gasteiger partial charge on any atom is -0.346 e. The van der Waals surface area contributed by atoms with Crippen LogP contribution in [0.1, 0.15) is 24.1 Å². The SMILES string of the molecule is CC(NC(=O)C=Cc1cnn(C)c1)c1ccc(F)cc1F. The Bertz CT molecular complexity index is 679. The van der Waals surface area contributed by atoms with Crippen molar-refractivity contribution in [1.29, 1.82) is 0 Å². The van der Waals surface area contributed by atoms with E-state index in [2.05, 4.69) is 10.4 Å². The fourth-order valence-corrected chi connectivity index (χ4v) is 1.89. The summed E-state index contributed by atoms with van der Waals surface area (Å²) in [6, 6.07) is 2.72. The Morgan fingerprint density at radius 2 is 2.19 bits per heavy atom. The summed E-state index contributed by atoms with van der Waals surface area (Å²) in [6.45, 7) is 1.63. The zero-order valence-electron chi connectivity index (χ0n) is 11.7. The Morgan fingerprint density at radius 1 is 1.43 bits per heavy atom. The van der Waals surface area contributed by atoms with Gasteiger partial charge in [-0.3, -0.25) is 9.48 Å². The predicted octanol–water partition coefficient (Wildman–Crippen LogP) is 2.59. The van der Waals surface area contributed by atoms with Crippen molar-refractivity contribution in [3.8, 4) is 0 Å². The van der Waals surface area contributed by atoms with Crippen molar-refractivity contribution in [3.05, 3.63) is 59.4 Å². The van der Waals surface area contributed by atoms with Gasteiger partial charge in [-0.15, -0.1) is 0 Å². The molecule has 0 aliphatic heterocycles. The summed E-state index contributed by atoms with van der Waals surface area (Å²) < 4.78 is 28.0. The second kappa shape index (κ2) is 6.30. The molecule has 0 radical (unpaired) electrons. The van der Waals surface area contributed by atoms with Crippen LogP contribution in [-0.2, 0) is 11.8 Å². The molecule has 1 unspecified atom stereocenters. The quantitative estimate of drug-likeness (QED) is 0.880. The van der Waals surface area contributed by atoms with E-state index >= 15 is 0 Å². The zero-order chi connectivity index (χ0) is 15.4. The van der Waals surface area contributed by atoms with Gasteiger partial charge >= 0.3 is 0 Å². The van der Waals surface area contributed by atoms with Gasteiger partial charge in [0.15, 0.2) is 0 Å². The molecule has 0 fully saturated rings. The maximum atomic E-state index is 13.6. The smallest absolute Gasteiger partial charge is 0.244 e. The highest BCUT2D eigenvalue weighted by Gasteiger charge is 2.12. The zero-order valence-corrected chi connectivity index (χ0v) is 11.7. The summed E-state index contributed by atoms with van der Waals surface area (Å²) >= 11 is 0. The van der Waals surface area contributed by atoms with Gasteiger partial charge in [0.25, 0.3) is 0 Å². The fourth-order valence-electron chi connectivity index (χ4n) is 1.89. The van der Waals surface area contributed by atoms with E-state index in [1.165, 1.54) is 12.1 Å². The number of carbonyl (C=O) groups excluding carboxylic acids is 1. The number of amides is 1. The third-order valence-corrected chi connectivity index (χ3v) is 2.94. The van der Waals surface area contributed by atoms with Crippen LogP contribution in [0.3, 0.4) is 0 Å². The van der Waals surface area contributed by atoms with Gasteiger partial charge < -0.3 is 5.32 Å². The van der Waals surface area contributed by atoms with E-state index in [0.29, 0.717) is 0 Å². The van der Waals surface area contributed by atoms with E-state index in [1.807, 2.05) is 0 Å². The molecule has 110 valence electrons. The van der Waals surface area contributed by atoms with E-state index < -0.39 is 17.7 Å². The molecular weight excluding hydrogens is 276 g/mol. The molecule has 6 heteroatoms. The lowest BCUT2D eigenvalue weighted by Gasteiger charge is -2.13. The van der Waals surface area contributed by atoms with Crippen LogP contribution in [0.4, 0.5) is 8.78 Å². The van der Waals surface area contributed by atoms with Crippen molar-refractivity contribution in [2.75, 3.05) is 0 Å². The molecule has 1 N–H and O–H groups in total. The molecule has 0 aliphatic carbocycles. The third kappa shape index (κ3) is 3.98. The fraction of sp³-hybridized carbons (Fsp3) is 0.200. The minimum atomic E-state index is -0.681. The Labute approximate surface area is 121 Å². The Kier molecular flexibility index (Phi) is 4.47. The van der Waals surface area contributed by atoms with E-state index in [-0.39, 0.29) is 11.5 Å². The first-order valence-corrected chi connectivity index (χ1v) is 6.38. The van der Waals surface area contributed by atoms with E-state index in [9.17, 15) is 13.6 Å². The highest BCUT2D eigenvalue weighted by atomic mass is 19.1. The van der Waals surface area contributed by atoms with Crippen molar-refractivity contribution >= 4 is 12.0 Å². The summed E-state index contributed by atoms with van der Waals surface area (Å²) in [6.07, 6.45) is 6.32. The number of nitrogens with zero attached hydrogens (tertiary/aromatic N) is 2. The first kappa shape index (κ1) is 14.9. The topological polar surface area (TPSA) is 46.9 Å². The van der Waals surface area contributed by atoms with Gasteiger partial charge in [-0.25, -0.2) is 8.78 Å². The van der Waals surface area contributed by atoms with Crippen molar-refractivity contribution in [2.45, 2.75) is 13.0 Å². The van der Waals surface area contributed by atoms with Crippen molar-refractivity contribution in [2.24, 2.45) is 7.05 Å². The first-order valence-electron chi connectivity index (χ1n) is 6.38. The highest BCUT2D eigenvalue weighted by Crippen LogP contribution is 2.17. The molecule has 2 aromatic rings. The second-order valence-electron chi connectivity index (χ2n) is 4.68. The van der Waals surface area contributed by atoms with Gasteiger partial charge in [0.05, 0.1) is 12.2 Å². The van der Waals surface area contributed by atoms with Crippen LogP contribution in [-0.4, -0.2) is 15.7 Å². The second-order valence-corrected chi connectivity index (χ2v) is 4.68. The lowest BCUT2D eigenvalue weighted by atomic mass is 10.1. The molecular formula is C15H15F2N3O. The van der Waals surface area contributed by atoms with Crippen LogP contribution in [0.2, 0.25) is 0 Å². The summed E-state index contributed by atoms with van der Waals surface area (Å²) in [5.41, 5.74) is 1.02. The molecule has 21 heavy (non-hydrogen) atoms. The van der Waals surface area contributed by atoms with Crippen LogP contribution in [0.15, 0.2) is 36.7 Å². The standard InChI is InChI=1S/C15H15F2N3O/c1-10(13-5-4-12(16)7-14(13)17)19-15(21)6-3-11-8-18-20(2)9-11/h3-10H,1-2H3,(H,19,21). The van der Waals surface area contributed by atoms with Gasteiger partial charge in [0.2, 0.25) is 5.91 Å². The molecule has 0 saturated heterocycles. The van der Waals surface area contributed by atoms with Gasteiger partial charge in [0, 0.05) is 36.5 Å². The van der Waals surface area contributed by atoms with E-state index in [0.717, 1.165) is 17.7 Å². The van der Waals surface area contributed by atoms with Gasteiger partial charge in [0.1, 0.15) is 11.6 Å². The molecule has 2 rings (SSSR count). The van der Waals surface area contributed by atoms with Gasteiger partial charge in [-0.2, -0.15) is 5.10 Å². The number of hydrogen-bond acceptors (Lipinski definition) is 2. The number of carbonyl (C=O) groups is 1. The molecule has 1 aromatic heterocycles. The Hall–Kier alpha value is -2.50. The van der Waals surface area contributed by atoms with Gasteiger partial charge in [-0.05, 0) is 19.1 Å².